The number of carbonyl (C=O) groups excluding carboxylic acids is 1. The number of carbonyl (C=O) groups is 1. The van der Waals surface area contributed by atoms with Crippen LogP contribution in [0.15, 0.2) is 23.4 Å². The zero-order chi connectivity index (χ0) is 9.26. The molecule has 66 valence electrons. The van der Waals surface area contributed by atoms with Crippen LogP contribution in [0.5, 0.6) is 5.75 Å². The first-order valence-corrected chi connectivity index (χ1v) is 4.03. The minimum Gasteiger partial charge on any atom is -0.429 e. The molecule has 5 heteroatoms. The van der Waals surface area contributed by atoms with Crippen LogP contribution in [-0.4, -0.2) is 16.4 Å². The molecular formula is C8H6N2O2S. The molecule has 4 nitrogen and oxygen atoms in total. The fraction of sp³-hybridized carbons (Fsp3) is 0. The summed E-state index contributed by atoms with van der Waals surface area (Å²) in [4.78, 5) is 17.1. The van der Waals surface area contributed by atoms with Gasteiger partial charge in [-0.05, 0) is 12.1 Å². The van der Waals surface area contributed by atoms with E-state index in [0.29, 0.717) is 17.4 Å². The summed E-state index contributed by atoms with van der Waals surface area (Å²) in [5.41, 5.74) is 1.59. The van der Waals surface area contributed by atoms with Crippen LogP contribution in [0.2, 0.25) is 0 Å². The number of benzene rings is 1. The molecule has 0 radical (unpaired) electrons. The molecule has 0 bridgehead atoms. The molecule has 0 aliphatic rings. The molecule has 0 atom stereocenters. The van der Waals surface area contributed by atoms with Gasteiger partial charge in [0.2, 0.25) is 0 Å². The van der Waals surface area contributed by atoms with Gasteiger partial charge in [-0.3, -0.25) is 4.79 Å². The Kier molecular flexibility index (Phi) is 1.94. The lowest BCUT2D eigenvalue weighted by Crippen LogP contribution is -1.87. The Morgan fingerprint density at radius 2 is 2.38 bits per heavy atom. The maximum absolute atomic E-state index is 10.1. The number of imidazole rings is 1. The van der Waals surface area contributed by atoms with Crippen molar-refractivity contribution in [2.75, 3.05) is 0 Å². The lowest BCUT2D eigenvalue weighted by Gasteiger charge is -1.94. The molecule has 0 aliphatic heterocycles. The average molecular weight is 194 g/mol. The number of nitrogens with one attached hydrogen (secondary N) is 1. The second kappa shape index (κ2) is 3.10. The highest BCUT2D eigenvalue weighted by atomic mass is 32.1. The smallest absolute Gasteiger partial charge is 0.298 e. The molecule has 2 rings (SSSR count). The van der Waals surface area contributed by atoms with E-state index in [2.05, 4.69) is 27.3 Å². The van der Waals surface area contributed by atoms with Crippen molar-refractivity contribution in [2.24, 2.45) is 0 Å². The molecule has 0 fully saturated rings. The zero-order valence-electron chi connectivity index (χ0n) is 6.52. The molecule has 0 saturated carbocycles. The Hall–Kier alpha value is -1.49. The van der Waals surface area contributed by atoms with Crippen molar-refractivity contribution in [1.29, 1.82) is 0 Å². The Balaban J connectivity index is 2.54. The molecule has 1 aromatic carbocycles. The fourth-order valence-electron chi connectivity index (χ4n) is 1.10. The van der Waals surface area contributed by atoms with Gasteiger partial charge >= 0.3 is 0 Å². The number of hydrogen-bond donors (Lipinski definition) is 2. The van der Waals surface area contributed by atoms with E-state index < -0.39 is 0 Å². The van der Waals surface area contributed by atoms with Gasteiger partial charge in [0.15, 0.2) is 5.16 Å². The average Bonchev–Trinajstić information content (AvgIpc) is 2.44. The summed E-state index contributed by atoms with van der Waals surface area (Å²) in [5.74, 6) is 0.474. The van der Waals surface area contributed by atoms with E-state index in [0.717, 1.165) is 11.0 Å². The summed E-state index contributed by atoms with van der Waals surface area (Å²) in [5, 5.41) is 0.540. The van der Waals surface area contributed by atoms with Gasteiger partial charge in [0, 0.05) is 6.07 Å². The van der Waals surface area contributed by atoms with E-state index in [4.69, 9.17) is 0 Å². The molecular weight excluding hydrogens is 188 g/mol. The lowest BCUT2D eigenvalue weighted by molar-refractivity contribution is -0.120. The molecule has 1 aromatic heterocycles. The van der Waals surface area contributed by atoms with Gasteiger partial charge in [-0.25, -0.2) is 4.98 Å². The van der Waals surface area contributed by atoms with Crippen LogP contribution in [0.3, 0.4) is 0 Å². The van der Waals surface area contributed by atoms with Crippen LogP contribution in [-0.2, 0) is 4.79 Å². The van der Waals surface area contributed by atoms with E-state index in [1.165, 1.54) is 0 Å². The number of aromatic amines is 1. The molecule has 0 unspecified atom stereocenters. The van der Waals surface area contributed by atoms with Crippen molar-refractivity contribution in [2.45, 2.75) is 5.16 Å². The Labute approximate surface area is 79.3 Å². The maximum Gasteiger partial charge on any atom is 0.298 e. The molecule has 13 heavy (non-hydrogen) atoms. The molecule has 1 heterocycles. The number of aromatic nitrogens is 2. The van der Waals surface area contributed by atoms with Crippen LogP contribution in [0.25, 0.3) is 11.0 Å². The standard InChI is InChI=1S/C8H6N2O2S/c11-4-12-5-1-2-6-7(3-5)10-8(13)9-6/h1-4H,(H2,9,10,13). The minimum absolute atomic E-state index is 0.384. The third-order valence-corrected chi connectivity index (χ3v) is 1.84. The second-order valence-corrected chi connectivity index (χ2v) is 2.88. The highest BCUT2D eigenvalue weighted by Crippen LogP contribution is 2.19. The van der Waals surface area contributed by atoms with Crippen LogP contribution in [0.4, 0.5) is 0 Å². The first-order chi connectivity index (χ1) is 6.29. The number of ether oxygens (including phenoxy) is 1. The first-order valence-electron chi connectivity index (χ1n) is 3.58. The first kappa shape index (κ1) is 8.12. The molecule has 0 saturated heterocycles. The molecule has 1 N–H and O–H groups in total. The molecule has 0 spiro atoms. The summed E-state index contributed by atoms with van der Waals surface area (Å²) in [6.45, 7) is 0.384. The van der Waals surface area contributed by atoms with Crippen molar-refractivity contribution in [3.05, 3.63) is 18.2 Å². The van der Waals surface area contributed by atoms with E-state index in [1.807, 2.05) is 0 Å². The highest BCUT2D eigenvalue weighted by Gasteiger charge is 2.00. The summed E-state index contributed by atoms with van der Waals surface area (Å²) < 4.78 is 4.66. The van der Waals surface area contributed by atoms with Crippen molar-refractivity contribution >= 4 is 30.1 Å². The fourth-order valence-corrected chi connectivity index (χ4v) is 1.33. The van der Waals surface area contributed by atoms with Gasteiger partial charge in [-0.1, -0.05) is 0 Å². The van der Waals surface area contributed by atoms with Crippen molar-refractivity contribution in [1.82, 2.24) is 9.97 Å². The lowest BCUT2D eigenvalue weighted by atomic mass is 10.3. The van der Waals surface area contributed by atoms with Crippen LogP contribution in [0, 0.1) is 0 Å². The number of fused-ring (bicyclic) bond motifs is 1. The summed E-state index contributed by atoms with van der Waals surface area (Å²) in [6.07, 6.45) is 0. The van der Waals surface area contributed by atoms with E-state index in [-0.39, 0.29) is 0 Å². The number of nitrogens with zero attached hydrogens (tertiary/aromatic N) is 1. The van der Waals surface area contributed by atoms with Crippen molar-refractivity contribution in [3.8, 4) is 5.75 Å². The number of thiol groups is 1. The van der Waals surface area contributed by atoms with Gasteiger partial charge in [0.05, 0.1) is 11.0 Å². The van der Waals surface area contributed by atoms with Crippen molar-refractivity contribution < 1.29 is 9.53 Å². The van der Waals surface area contributed by atoms with Gasteiger partial charge < -0.3 is 9.72 Å². The van der Waals surface area contributed by atoms with Gasteiger partial charge in [-0.2, -0.15) is 0 Å². The van der Waals surface area contributed by atoms with Gasteiger partial charge in [0.1, 0.15) is 5.75 Å². The monoisotopic (exact) mass is 194 g/mol. The van der Waals surface area contributed by atoms with E-state index in [1.54, 1.807) is 18.2 Å². The zero-order valence-corrected chi connectivity index (χ0v) is 7.41. The van der Waals surface area contributed by atoms with Crippen molar-refractivity contribution in [3.63, 3.8) is 0 Å². The van der Waals surface area contributed by atoms with Crippen LogP contribution >= 0.6 is 12.6 Å². The molecule has 0 amide bonds. The quantitative estimate of drug-likeness (QED) is 0.561. The minimum atomic E-state index is 0.384. The second-order valence-electron chi connectivity index (χ2n) is 2.45. The third kappa shape index (κ3) is 1.50. The largest absolute Gasteiger partial charge is 0.429 e. The number of H-pyrrole nitrogens is 1. The maximum atomic E-state index is 10.1. The van der Waals surface area contributed by atoms with Gasteiger partial charge in [-0.15, -0.1) is 12.6 Å². The van der Waals surface area contributed by atoms with Gasteiger partial charge in [0.25, 0.3) is 6.47 Å². The summed E-state index contributed by atoms with van der Waals surface area (Å²) in [6, 6.07) is 5.13. The predicted molar refractivity (Wildman–Crippen MR) is 50.0 cm³/mol. The Morgan fingerprint density at radius 3 is 3.15 bits per heavy atom. The Morgan fingerprint density at radius 1 is 1.54 bits per heavy atom. The molecule has 0 aliphatic carbocycles. The third-order valence-electron chi connectivity index (χ3n) is 1.63. The topological polar surface area (TPSA) is 55.0 Å². The highest BCUT2D eigenvalue weighted by molar-refractivity contribution is 7.80. The summed E-state index contributed by atoms with van der Waals surface area (Å²) in [7, 11) is 0. The van der Waals surface area contributed by atoms with E-state index >= 15 is 0 Å². The number of rotatable bonds is 2. The van der Waals surface area contributed by atoms with E-state index in [9.17, 15) is 4.79 Å². The number of hydrogen-bond acceptors (Lipinski definition) is 4. The Bertz CT molecular complexity index is 452. The predicted octanol–water partition coefficient (Wildman–Crippen LogP) is 1.39. The SMILES string of the molecule is O=COc1ccc2[nH]c(S)nc2c1. The summed E-state index contributed by atoms with van der Waals surface area (Å²) >= 11 is 4.05. The molecule has 2 aromatic rings. The van der Waals surface area contributed by atoms with Crippen LogP contribution in [0.1, 0.15) is 0 Å². The normalized spacial score (nSPS) is 10.2. The van der Waals surface area contributed by atoms with Crippen LogP contribution < -0.4 is 4.74 Å².